The van der Waals surface area contributed by atoms with Crippen molar-refractivity contribution in [3.8, 4) is 0 Å². The van der Waals surface area contributed by atoms with Gasteiger partial charge in [-0.3, -0.25) is 14.4 Å². The van der Waals surface area contributed by atoms with Crippen molar-refractivity contribution in [3.05, 3.63) is 57.5 Å². The minimum Gasteiger partial charge on any atom is -0.330 e. The predicted molar refractivity (Wildman–Crippen MR) is 116 cm³/mol. The maximum absolute atomic E-state index is 13.2. The van der Waals surface area contributed by atoms with Crippen LogP contribution < -0.4 is 10.9 Å². The lowest BCUT2D eigenvalue weighted by Crippen LogP contribution is -2.32. The molecule has 3 aromatic rings. The van der Waals surface area contributed by atoms with Gasteiger partial charge in [-0.05, 0) is 26.0 Å². The summed E-state index contributed by atoms with van der Waals surface area (Å²) in [6, 6.07) is 4.16. The highest BCUT2D eigenvalue weighted by Crippen LogP contribution is 2.27. The lowest BCUT2D eigenvalue weighted by atomic mass is 9.93. The lowest BCUT2D eigenvalue weighted by molar-refractivity contribution is -0.116. The quantitative estimate of drug-likeness (QED) is 0.671. The molecule has 0 aliphatic carbocycles. The number of pyridine rings is 1. The van der Waals surface area contributed by atoms with E-state index >= 15 is 0 Å². The number of aromatic nitrogens is 4. The van der Waals surface area contributed by atoms with E-state index in [1.165, 1.54) is 21.2 Å². The monoisotopic (exact) mass is 440 g/mol. The van der Waals surface area contributed by atoms with Gasteiger partial charge in [0, 0.05) is 17.5 Å². The van der Waals surface area contributed by atoms with Crippen LogP contribution in [0.3, 0.4) is 0 Å². The van der Waals surface area contributed by atoms with Crippen LogP contribution in [0.4, 0.5) is 10.2 Å². The van der Waals surface area contributed by atoms with Crippen LogP contribution in [-0.4, -0.2) is 41.9 Å². The number of anilines is 1. The number of fused-ring (bicyclic) bond motifs is 2. The molecule has 0 fully saturated rings. The molecule has 9 nitrogen and oxygen atoms in total. The second-order valence-electron chi connectivity index (χ2n) is 9.20. The molecule has 10 heteroatoms. The SMILES string of the molecule is CC(C)N1Cc2c(n(CC(=O)Nc3ccc(F)cn3)c3cc(C(C)(C)C)nn3c2=O)C1=O. The van der Waals surface area contributed by atoms with Crippen molar-refractivity contribution in [1.82, 2.24) is 24.1 Å². The first kappa shape index (κ1) is 21.7. The van der Waals surface area contributed by atoms with E-state index in [1.54, 1.807) is 11.0 Å². The summed E-state index contributed by atoms with van der Waals surface area (Å²) in [4.78, 5) is 44.6. The lowest BCUT2D eigenvalue weighted by Gasteiger charge is -2.20. The fourth-order valence-corrected chi connectivity index (χ4v) is 3.70. The summed E-state index contributed by atoms with van der Waals surface area (Å²) in [5.74, 6) is -1.10. The van der Waals surface area contributed by atoms with E-state index in [9.17, 15) is 18.8 Å². The smallest absolute Gasteiger partial charge is 0.280 e. The molecular weight excluding hydrogens is 415 g/mol. The normalized spacial score (nSPS) is 13.8. The molecule has 0 saturated heterocycles. The van der Waals surface area contributed by atoms with Crippen LogP contribution in [0.5, 0.6) is 0 Å². The van der Waals surface area contributed by atoms with Crippen LogP contribution in [-0.2, 0) is 23.3 Å². The van der Waals surface area contributed by atoms with E-state index in [2.05, 4.69) is 15.4 Å². The summed E-state index contributed by atoms with van der Waals surface area (Å²) >= 11 is 0. The molecule has 0 aromatic carbocycles. The van der Waals surface area contributed by atoms with Gasteiger partial charge < -0.3 is 14.8 Å². The molecule has 32 heavy (non-hydrogen) atoms. The van der Waals surface area contributed by atoms with Crippen LogP contribution >= 0.6 is 0 Å². The first-order chi connectivity index (χ1) is 15.0. The Kier molecular flexibility index (Phi) is 5.10. The second kappa shape index (κ2) is 7.54. The Bertz CT molecular complexity index is 1280. The first-order valence-corrected chi connectivity index (χ1v) is 10.4. The third-order valence-electron chi connectivity index (χ3n) is 5.45. The number of carbonyl (C=O) groups excluding carboxylic acids is 2. The average molecular weight is 440 g/mol. The number of hydrogen-bond acceptors (Lipinski definition) is 5. The number of nitrogens with one attached hydrogen (secondary N) is 1. The topological polar surface area (TPSA) is 102 Å². The zero-order valence-electron chi connectivity index (χ0n) is 18.6. The molecule has 4 rings (SSSR count). The summed E-state index contributed by atoms with van der Waals surface area (Å²) < 4.78 is 15.9. The van der Waals surface area contributed by atoms with Crippen molar-refractivity contribution in [3.63, 3.8) is 0 Å². The Hall–Kier alpha value is -3.56. The number of carbonyl (C=O) groups is 2. The summed E-state index contributed by atoms with van der Waals surface area (Å²) in [6.45, 7) is 9.56. The van der Waals surface area contributed by atoms with Crippen LogP contribution in [0.15, 0.2) is 29.2 Å². The maximum Gasteiger partial charge on any atom is 0.280 e. The fourth-order valence-electron chi connectivity index (χ4n) is 3.70. The summed E-state index contributed by atoms with van der Waals surface area (Å²) in [5, 5.41) is 7.09. The molecule has 0 spiro atoms. The molecule has 168 valence electrons. The molecule has 1 aliphatic heterocycles. The van der Waals surface area contributed by atoms with Gasteiger partial charge in [0.2, 0.25) is 5.91 Å². The minimum atomic E-state index is -0.517. The largest absolute Gasteiger partial charge is 0.330 e. The number of amides is 2. The Morgan fingerprint density at radius 1 is 1.25 bits per heavy atom. The maximum atomic E-state index is 13.2. The van der Waals surface area contributed by atoms with Crippen molar-refractivity contribution in [2.45, 2.75) is 59.2 Å². The van der Waals surface area contributed by atoms with Gasteiger partial charge in [-0.2, -0.15) is 9.61 Å². The van der Waals surface area contributed by atoms with E-state index in [1.807, 2.05) is 34.6 Å². The highest BCUT2D eigenvalue weighted by Gasteiger charge is 2.36. The summed E-state index contributed by atoms with van der Waals surface area (Å²) in [7, 11) is 0. The minimum absolute atomic E-state index is 0.113. The van der Waals surface area contributed by atoms with E-state index in [0.29, 0.717) is 16.9 Å². The summed E-state index contributed by atoms with van der Waals surface area (Å²) in [5.41, 5.74) is 0.834. The Labute approximate surface area is 183 Å². The van der Waals surface area contributed by atoms with Crippen LogP contribution in [0.1, 0.15) is 56.4 Å². The molecule has 0 atom stereocenters. The van der Waals surface area contributed by atoms with Crippen molar-refractivity contribution >= 4 is 23.3 Å². The van der Waals surface area contributed by atoms with E-state index in [0.717, 1.165) is 6.20 Å². The van der Waals surface area contributed by atoms with Gasteiger partial charge in [0.15, 0.2) is 0 Å². The zero-order chi connectivity index (χ0) is 23.4. The van der Waals surface area contributed by atoms with Gasteiger partial charge in [-0.1, -0.05) is 20.8 Å². The molecule has 0 radical (unpaired) electrons. The standard InChI is InChI=1S/C22H25FN6O3/c1-12(2)27-10-14-19(21(27)32)28(11-17(30)25-16-7-6-13(23)9-24-16)18-8-15(22(3,4)5)26-29(18)20(14)31/h6-9,12H,10-11H2,1-5H3,(H,24,25,30). The van der Waals surface area contributed by atoms with E-state index in [4.69, 9.17) is 0 Å². The number of nitrogens with zero attached hydrogens (tertiary/aromatic N) is 5. The van der Waals surface area contributed by atoms with Crippen molar-refractivity contribution in [2.75, 3.05) is 5.32 Å². The summed E-state index contributed by atoms with van der Waals surface area (Å²) in [6.07, 6.45) is 1.00. The van der Waals surface area contributed by atoms with Gasteiger partial charge in [-0.25, -0.2) is 9.37 Å². The molecule has 0 bridgehead atoms. The first-order valence-electron chi connectivity index (χ1n) is 10.4. The molecule has 2 amide bonds. The highest BCUT2D eigenvalue weighted by molar-refractivity contribution is 5.98. The zero-order valence-corrected chi connectivity index (χ0v) is 18.6. The van der Waals surface area contributed by atoms with Gasteiger partial charge in [0.05, 0.1) is 24.0 Å². The fraction of sp³-hybridized carbons (Fsp3) is 0.409. The predicted octanol–water partition coefficient (Wildman–Crippen LogP) is 2.33. The number of rotatable bonds is 4. The Morgan fingerprint density at radius 2 is 1.97 bits per heavy atom. The van der Waals surface area contributed by atoms with E-state index in [-0.39, 0.29) is 47.5 Å². The van der Waals surface area contributed by atoms with Crippen molar-refractivity contribution in [2.24, 2.45) is 0 Å². The van der Waals surface area contributed by atoms with Crippen LogP contribution in [0, 0.1) is 5.82 Å². The van der Waals surface area contributed by atoms with Crippen molar-refractivity contribution in [1.29, 1.82) is 0 Å². The molecule has 3 aromatic heterocycles. The van der Waals surface area contributed by atoms with Gasteiger partial charge in [0.25, 0.3) is 11.5 Å². The molecular formula is C22H25FN6O3. The third kappa shape index (κ3) is 3.65. The molecule has 0 unspecified atom stereocenters. The number of hydrogen-bond donors (Lipinski definition) is 1. The molecule has 4 heterocycles. The van der Waals surface area contributed by atoms with Gasteiger partial charge in [-0.15, -0.1) is 0 Å². The third-order valence-corrected chi connectivity index (χ3v) is 5.45. The molecule has 1 N–H and O–H groups in total. The van der Waals surface area contributed by atoms with Crippen molar-refractivity contribution < 1.29 is 14.0 Å². The number of halogens is 1. The molecule has 1 aliphatic rings. The van der Waals surface area contributed by atoms with Crippen LogP contribution in [0.2, 0.25) is 0 Å². The highest BCUT2D eigenvalue weighted by atomic mass is 19.1. The molecule has 0 saturated carbocycles. The van der Waals surface area contributed by atoms with E-state index < -0.39 is 11.7 Å². The second-order valence-corrected chi connectivity index (χ2v) is 9.20. The average Bonchev–Trinajstić information content (AvgIpc) is 3.30. The Balaban J connectivity index is 1.84. The van der Waals surface area contributed by atoms with Gasteiger partial charge in [0.1, 0.15) is 29.5 Å². The van der Waals surface area contributed by atoms with Gasteiger partial charge >= 0.3 is 0 Å². The van der Waals surface area contributed by atoms with Crippen LogP contribution in [0.25, 0.3) is 5.65 Å². The Morgan fingerprint density at radius 3 is 2.56 bits per heavy atom.